The molecule has 1 aromatic carbocycles. The molecule has 114 valence electrons. The molecule has 0 saturated heterocycles. The monoisotopic (exact) mass is 377 g/mol. The molecule has 5 heteroatoms. The molecule has 0 radical (unpaired) electrons. The van der Waals surface area contributed by atoms with Crippen molar-refractivity contribution >= 4 is 27.5 Å². The van der Waals surface area contributed by atoms with E-state index in [2.05, 4.69) is 32.0 Å². The van der Waals surface area contributed by atoms with Crippen LogP contribution in [0.1, 0.15) is 53.8 Å². The molecule has 2 rings (SSSR count). The second-order valence-electron chi connectivity index (χ2n) is 5.64. The molecule has 1 aromatic heterocycles. The van der Waals surface area contributed by atoms with Gasteiger partial charge < -0.3 is 0 Å². The lowest BCUT2D eigenvalue weighted by Gasteiger charge is -2.17. The Morgan fingerprint density at radius 3 is 2.32 bits per heavy atom. The number of nitriles is 1. The predicted molar refractivity (Wildman–Crippen MR) is 92.2 cm³/mol. The zero-order chi connectivity index (χ0) is 16.4. The first-order chi connectivity index (χ1) is 10.3. The number of hydrogen-bond acceptors (Lipinski definition) is 3. The average Bonchev–Trinajstić information content (AvgIpc) is 2.43. The fraction of sp³-hybridized carbons (Fsp3) is 0.353. The zero-order valence-corrected chi connectivity index (χ0v) is 15.3. The minimum absolute atomic E-state index is 0.159. The lowest BCUT2D eigenvalue weighted by molar-refractivity contribution is 0.785. The molecule has 0 aliphatic rings. The van der Waals surface area contributed by atoms with Crippen LogP contribution < -0.4 is 0 Å². The Bertz CT molecular complexity index is 727. The van der Waals surface area contributed by atoms with E-state index in [1.165, 1.54) is 0 Å². The van der Waals surface area contributed by atoms with Crippen molar-refractivity contribution < 1.29 is 0 Å². The van der Waals surface area contributed by atoms with E-state index in [1.54, 1.807) is 6.20 Å². The highest BCUT2D eigenvalue weighted by molar-refractivity contribution is 9.10. The van der Waals surface area contributed by atoms with Gasteiger partial charge in [-0.2, -0.15) is 5.26 Å². The Balaban J connectivity index is 2.60. The van der Waals surface area contributed by atoms with Gasteiger partial charge >= 0.3 is 0 Å². The van der Waals surface area contributed by atoms with Crippen molar-refractivity contribution in [2.45, 2.75) is 39.5 Å². The van der Waals surface area contributed by atoms with Gasteiger partial charge in [0.1, 0.15) is 5.92 Å². The number of benzene rings is 1. The van der Waals surface area contributed by atoms with Gasteiger partial charge in [0.2, 0.25) is 0 Å². The van der Waals surface area contributed by atoms with Gasteiger partial charge in [-0.15, -0.1) is 0 Å². The maximum Gasteiger partial charge on any atom is 0.150 e. The summed E-state index contributed by atoms with van der Waals surface area (Å²) < 4.78 is 1.01. The van der Waals surface area contributed by atoms with Crippen LogP contribution in [0.4, 0.5) is 0 Å². The normalized spacial score (nSPS) is 12.3. The van der Waals surface area contributed by atoms with Crippen LogP contribution in [0.25, 0.3) is 0 Å². The highest BCUT2D eigenvalue weighted by Gasteiger charge is 2.22. The van der Waals surface area contributed by atoms with Crippen molar-refractivity contribution in [2.24, 2.45) is 0 Å². The number of aromatic nitrogens is 2. The van der Waals surface area contributed by atoms with E-state index in [9.17, 15) is 5.26 Å². The minimum atomic E-state index is -0.449. The molecule has 2 aromatic rings. The molecule has 0 bridgehead atoms. The quantitative estimate of drug-likeness (QED) is 0.729. The highest BCUT2D eigenvalue weighted by Crippen LogP contribution is 2.32. The maximum atomic E-state index is 9.69. The van der Waals surface area contributed by atoms with Crippen molar-refractivity contribution in [2.75, 3.05) is 0 Å². The van der Waals surface area contributed by atoms with Crippen LogP contribution in [0.3, 0.4) is 0 Å². The molecule has 1 heterocycles. The molecule has 0 fully saturated rings. The summed E-state index contributed by atoms with van der Waals surface area (Å²) in [6.07, 6.45) is 1.60. The largest absolute Gasteiger partial charge is 0.251 e. The first-order valence-electron chi connectivity index (χ1n) is 7.03. The second-order valence-corrected chi connectivity index (χ2v) is 6.91. The number of aryl methyl sites for hydroxylation is 2. The van der Waals surface area contributed by atoms with Crippen molar-refractivity contribution in [1.82, 2.24) is 9.97 Å². The summed E-state index contributed by atoms with van der Waals surface area (Å²) in [5, 5.41) is 10.1. The third-order valence-corrected chi connectivity index (χ3v) is 4.34. The molecule has 3 nitrogen and oxygen atoms in total. The van der Waals surface area contributed by atoms with Crippen LogP contribution in [-0.2, 0) is 0 Å². The number of halogens is 2. The first-order valence-corrected chi connectivity index (χ1v) is 8.20. The summed E-state index contributed by atoms with van der Waals surface area (Å²) in [5.74, 6) is -0.290. The standard InChI is InChI=1S/C17H17BrClN3/c1-9(2)16-17(19)21-8-14(22-16)13(7-20)15-10(3)5-12(18)6-11(15)4/h5-6,8-9,13H,1-4H3. The van der Waals surface area contributed by atoms with Crippen molar-refractivity contribution in [1.29, 1.82) is 5.26 Å². The molecular formula is C17H17BrClN3. The van der Waals surface area contributed by atoms with E-state index in [0.29, 0.717) is 10.8 Å². The van der Waals surface area contributed by atoms with Gasteiger partial charge in [-0.05, 0) is 48.6 Å². The van der Waals surface area contributed by atoms with E-state index >= 15 is 0 Å². The molecular weight excluding hydrogens is 362 g/mol. The molecule has 1 atom stereocenters. The molecule has 0 aliphatic carbocycles. The van der Waals surface area contributed by atoms with Gasteiger partial charge in [-0.25, -0.2) is 4.98 Å². The SMILES string of the molecule is Cc1cc(Br)cc(C)c1C(C#N)c1cnc(Cl)c(C(C)C)n1. The summed E-state index contributed by atoms with van der Waals surface area (Å²) in [5.41, 5.74) is 4.47. The highest BCUT2D eigenvalue weighted by atomic mass is 79.9. The van der Waals surface area contributed by atoms with Crippen molar-refractivity contribution in [3.63, 3.8) is 0 Å². The van der Waals surface area contributed by atoms with Gasteiger partial charge in [-0.1, -0.05) is 41.4 Å². The van der Waals surface area contributed by atoms with Crippen LogP contribution >= 0.6 is 27.5 Å². The average molecular weight is 379 g/mol. The molecule has 1 unspecified atom stereocenters. The van der Waals surface area contributed by atoms with Crippen LogP contribution in [0.2, 0.25) is 5.15 Å². The Kier molecular flexibility index (Phi) is 5.20. The number of nitrogens with zero attached hydrogens (tertiary/aromatic N) is 3. The molecule has 0 spiro atoms. The summed E-state index contributed by atoms with van der Waals surface area (Å²) in [4.78, 5) is 8.81. The molecule has 0 saturated carbocycles. The molecule has 22 heavy (non-hydrogen) atoms. The molecule has 0 aliphatic heterocycles. The van der Waals surface area contributed by atoms with E-state index in [-0.39, 0.29) is 5.92 Å². The van der Waals surface area contributed by atoms with E-state index in [4.69, 9.17) is 11.6 Å². The molecule has 0 amide bonds. The predicted octanol–water partition coefficient (Wildman–Crippen LogP) is 5.29. The first kappa shape index (κ1) is 16.9. The van der Waals surface area contributed by atoms with E-state index < -0.39 is 5.92 Å². The summed E-state index contributed by atoms with van der Waals surface area (Å²) in [7, 11) is 0. The fourth-order valence-electron chi connectivity index (χ4n) is 2.57. The van der Waals surface area contributed by atoms with Crippen LogP contribution in [-0.4, -0.2) is 9.97 Å². The fourth-order valence-corrected chi connectivity index (χ4v) is 3.56. The van der Waals surface area contributed by atoms with Crippen LogP contribution in [0.5, 0.6) is 0 Å². The van der Waals surface area contributed by atoms with Crippen molar-refractivity contribution in [3.8, 4) is 6.07 Å². The van der Waals surface area contributed by atoms with Crippen LogP contribution in [0.15, 0.2) is 22.8 Å². The third kappa shape index (κ3) is 3.31. The Labute approximate surface area is 144 Å². The van der Waals surface area contributed by atoms with Gasteiger partial charge in [0.15, 0.2) is 5.15 Å². The van der Waals surface area contributed by atoms with Gasteiger partial charge in [0.25, 0.3) is 0 Å². The minimum Gasteiger partial charge on any atom is -0.251 e. The second kappa shape index (κ2) is 6.76. The summed E-state index contributed by atoms with van der Waals surface area (Å²) >= 11 is 9.59. The summed E-state index contributed by atoms with van der Waals surface area (Å²) in [6.45, 7) is 8.03. The lowest BCUT2D eigenvalue weighted by Crippen LogP contribution is -2.09. The van der Waals surface area contributed by atoms with Crippen LogP contribution in [0, 0.1) is 25.2 Å². The van der Waals surface area contributed by atoms with Gasteiger partial charge in [0.05, 0.1) is 23.7 Å². The van der Waals surface area contributed by atoms with Gasteiger partial charge in [-0.3, -0.25) is 4.98 Å². The smallest absolute Gasteiger partial charge is 0.150 e. The van der Waals surface area contributed by atoms with Crippen molar-refractivity contribution in [3.05, 3.63) is 56.0 Å². The summed E-state index contributed by atoms with van der Waals surface area (Å²) in [6, 6.07) is 6.39. The topological polar surface area (TPSA) is 49.6 Å². The Morgan fingerprint density at radius 1 is 1.23 bits per heavy atom. The molecule has 0 N–H and O–H groups in total. The lowest BCUT2D eigenvalue weighted by atomic mass is 9.89. The van der Waals surface area contributed by atoms with Gasteiger partial charge in [0, 0.05) is 4.47 Å². The maximum absolute atomic E-state index is 9.69. The number of hydrogen-bond donors (Lipinski definition) is 0. The Hall–Kier alpha value is -1.44. The van der Waals surface area contributed by atoms with E-state index in [0.717, 1.165) is 26.9 Å². The number of rotatable bonds is 3. The third-order valence-electron chi connectivity index (χ3n) is 3.59. The van der Waals surface area contributed by atoms with E-state index in [1.807, 2.05) is 39.8 Å². The zero-order valence-electron chi connectivity index (χ0n) is 13.0. The Morgan fingerprint density at radius 2 is 1.82 bits per heavy atom.